The van der Waals surface area contributed by atoms with Crippen LogP contribution in [0.1, 0.15) is 12.5 Å². The van der Waals surface area contributed by atoms with Crippen molar-refractivity contribution in [3.05, 3.63) is 47.1 Å². The molecule has 0 saturated carbocycles. The van der Waals surface area contributed by atoms with E-state index in [1.54, 1.807) is 13.0 Å². The van der Waals surface area contributed by atoms with Crippen molar-refractivity contribution in [1.29, 1.82) is 0 Å². The summed E-state index contributed by atoms with van der Waals surface area (Å²) in [5, 5.41) is 14.2. The fourth-order valence-electron chi connectivity index (χ4n) is 1.73. The predicted molar refractivity (Wildman–Crippen MR) is 73.1 cm³/mol. The molecule has 0 spiro atoms. The van der Waals surface area contributed by atoms with Gasteiger partial charge in [-0.05, 0) is 36.1 Å². The van der Waals surface area contributed by atoms with E-state index in [1.807, 2.05) is 23.6 Å². The Morgan fingerprint density at radius 3 is 2.89 bits per heavy atom. The molecule has 0 fully saturated rings. The molecular weight excluding hydrogens is 249 g/mol. The van der Waals surface area contributed by atoms with E-state index in [0.717, 1.165) is 10.4 Å². The van der Waals surface area contributed by atoms with Gasteiger partial charge in [-0.1, -0.05) is 12.1 Å². The molecule has 2 rings (SSSR count). The van der Waals surface area contributed by atoms with Crippen LogP contribution in [0.15, 0.2) is 35.7 Å². The molecule has 1 atom stereocenters. The van der Waals surface area contributed by atoms with Crippen molar-refractivity contribution in [3.63, 3.8) is 0 Å². The third kappa shape index (κ3) is 3.38. The van der Waals surface area contributed by atoms with Gasteiger partial charge in [0.1, 0.15) is 5.82 Å². The second-order valence-electron chi connectivity index (χ2n) is 4.27. The number of thiophene rings is 1. The third-order valence-electron chi connectivity index (χ3n) is 2.59. The lowest BCUT2D eigenvalue weighted by Gasteiger charge is -2.08. The van der Waals surface area contributed by atoms with Crippen molar-refractivity contribution in [2.45, 2.75) is 19.6 Å². The predicted octanol–water partition coefficient (Wildman–Crippen LogP) is 3.02. The van der Waals surface area contributed by atoms with Crippen molar-refractivity contribution < 1.29 is 9.50 Å². The molecule has 18 heavy (non-hydrogen) atoms. The van der Waals surface area contributed by atoms with Gasteiger partial charge in [0.2, 0.25) is 0 Å². The van der Waals surface area contributed by atoms with E-state index in [1.165, 1.54) is 17.4 Å². The zero-order valence-corrected chi connectivity index (χ0v) is 11.0. The molecule has 4 heteroatoms. The molecule has 0 amide bonds. The summed E-state index contributed by atoms with van der Waals surface area (Å²) < 4.78 is 13.7. The summed E-state index contributed by atoms with van der Waals surface area (Å²) in [7, 11) is 0. The van der Waals surface area contributed by atoms with Crippen LogP contribution in [0.25, 0.3) is 10.4 Å². The van der Waals surface area contributed by atoms with Crippen LogP contribution >= 0.6 is 11.3 Å². The number of aliphatic hydroxyl groups is 1. The van der Waals surface area contributed by atoms with Gasteiger partial charge >= 0.3 is 0 Å². The molecule has 2 nitrogen and oxygen atoms in total. The number of halogens is 1. The van der Waals surface area contributed by atoms with Crippen LogP contribution in [-0.2, 0) is 6.54 Å². The Morgan fingerprint density at radius 1 is 1.39 bits per heavy atom. The number of hydrogen-bond acceptors (Lipinski definition) is 3. The maximum atomic E-state index is 13.7. The van der Waals surface area contributed by atoms with Gasteiger partial charge < -0.3 is 10.4 Å². The third-order valence-corrected chi connectivity index (χ3v) is 3.49. The van der Waals surface area contributed by atoms with E-state index in [2.05, 4.69) is 5.32 Å². The standard InChI is InChI=1S/C14H16FNOS/c1-10(17)8-16-9-11-4-5-13(15)12(7-11)14-3-2-6-18-14/h2-7,10,16-17H,8-9H2,1H3. The molecule has 0 aliphatic rings. The quantitative estimate of drug-likeness (QED) is 0.871. The van der Waals surface area contributed by atoms with E-state index < -0.39 is 0 Å². The normalized spacial score (nSPS) is 12.6. The minimum Gasteiger partial charge on any atom is -0.392 e. The number of benzene rings is 1. The van der Waals surface area contributed by atoms with E-state index in [4.69, 9.17) is 5.11 Å². The van der Waals surface area contributed by atoms with Gasteiger partial charge in [0, 0.05) is 23.5 Å². The monoisotopic (exact) mass is 265 g/mol. The highest BCUT2D eigenvalue weighted by Crippen LogP contribution is 2.28. The highest BCUT2D eigenvalue weighted by molar-refractivity contribution is 7.13. The van der Waals surface area contributed by atoms with Crippen LogP contribution in [-0.4, -0.2) is 17.8 Å². The summed E-state index contributed by atoms with van der Waals surface area (Å²) in [5.74, 6) is -0.197. The summed E-state index contributed by atoms with van der Waals surface area (Å²) in [5.41, 5.74) is 1.65. The first kappa shape index (κ1) is 13.2. The average Bonchev–Trinajstić information content (AvgIpc) is 2.84. The molecule has 2 aromatic rings. The first-order chi connectivity index (χ1) is 8.66. The highest BCUT2D eigenvalue weighted by atomic mass is 32.1. The molecule has 0 radical (unpaired) electrons. The summed E-state index contributed by atoms with van der Waals surface area (Å²) in [6, 6.07) is 8.94. The summed E-state index contributed by atoms with van der Waals surface area (Å²) in [4.78, 5) is 0.935. The van der Waals surface area contributed by atoms with Gasteiger partial charge in [-0.3, -0.25) is 0 Å². The summed E-state index contributed by atoms with van der Waals surface area (Å²) >= 11 is 1.53. The van der Waals surface area contributed by atoms with Crippen LogP contribution in [0.3, 0.4) is 0 Å². The van der Waals surface area contributed by atoms with E-state index >= 15 is 0 Å². The first-order valence-electron chi connectivity index (χ1n) is 5.88. The Labute approximate surface area is 110 Å². The second kappa shape index (κ2) is 6.09. The molecule has 1 aromatic carbocycles. The Bertz CT molecular complexity index is 497. The van der Waals surface area contributed by atoms with Gasteiger partial charge in [0.25, 0.3) is 0 Å². The van der Waals surface area contributed by atoms with Crippen molar-refractivity contribution in [1.82, 2.24) is 5.32 Å². The molecule has 0 aliphatic carbocycles. The van der Waals surface area contributed by atoms with Crippen LogP contribution in [0.2, 0.25) is 0 Å². The van der Waals surface area contributed by atoms with Crippen molar-refractivity contribution in [2.24, 2.45) is 0 Å². The topological polar surface area (TPSA) is 32.3 Å². The zero-order chi connectivity index (χ0) is 13.0. The van der Waals surface area contributed by atoms with E-state index in [-0.39, 0.29) is 11.9 Å². The van der Waals surface area contributed by atoms with Crippen LogP contribution in [0.5, 0.6) is 0 Å². The number of hydrogen-bond donors (Lipinski definition) is 2. The van der Waals surface area contributed by atoms with Crippen LogP contribution < -0.4 is 5.32 Å². The number of nitrogens with one attached hydrogen (secondary N) is 1. The van der Waals surface area contributed by atoms with Gasteiger partial charge in [0.15, 0.2) is 0 Å². The van der Waals surface area contributed by atoms with E-state index in [9.17, 15) is 4.39 Å². The molecule has 1 heterocycles. The van der Waals surface area contributed by atoms with Crippen molar-refractivity contribution in [3.8, 4) is 10.4 Å². The largest absolute Gasteiger partial charge is 0.392 e. The fraction of sp³-hybridized carbons (Fsp3) is 0.286. The second-order valence-corrected chi connectivity index (χ2v) is 5.22. The minimum absolute atomic E-state index is 0.197. The molecule has 2 N–H and O–H groups in total. The molecule has 0 bridgehead atoms. The number of rotatable bonds is 5. The van der Waals surface area contributed by atoms with Gasteiger partial charge in [-0.2, -0.15) is 0 Å². The van der Waals surface area contributed by atoms with E-state index in [0.29, 0.717) is 18.7 Å². The summed E-state index contributed by atoms with van der Waals surface area (Å²) in [6.07, 6.45) is -0.373. The Morgan fingerprint density at radius 2 is 2.22 bits per heavy atom. The van der Waals surface area contributed by atoms with Crippen molar-refractivity contribution >= 4 is 11.3 Å². The maximum Gasteiger partial charge on any atom is 0.131 e. The fourth-order valence-corrected chi connectivity index (χ4v) is 2.47. The minimum atomic E-state index is -0.373. The molecule has 0 aliphatic heterocycles. The van der Waals surface area contributed by atoms with Crippen LogP contribution in [0.4, 0.5) is 4.39 Å². The highest BCUT2D eigenvalue weighted by Gasteiger charge is 2.07. The van der Waals surface area contributed by atoms with Gasteiger partial charge in [-0.25, -0.2) is 4.39 Å². The zero-order valence-electron chi connectivity index (χ0n) is 10.2. The van der Waals surface area contributed by atoms with Crippen molar-refractivity contribution in [2.75, 3.05) is 6.54 Å². The smallest absolute Gasteiger partial charge is 0.131 e. The molecule has 1 aromatic heterocycles. The van der Waals surface area contributed by atoms with Crippen LogP contribution in [0, 0.1) is 5.82 Å². The average molecular weight is 265 g/mol. The first-order valence-corrected chi connectivity index (χ1v) is 6.76. The Hall–Kier alpha value is -1.23. The lowest BCUT2D eigenvalue weighted by molar-refractivity contribution is 0.191. The molecule has 96 valence electrons. The molecule has 0 saturated heterocycles. The van der Waals surface area contributed by atoms with Gasteiger partial charge in [-0.15, -0.1) is 11.3 Å². The lowest BCUT2D eigenvalue weighted by atomic mass is 10.1. The number of aliphatic hydroxyl groups excluding tert-OH is 1. The lowest BCUT2D eigenvalue weighted by Crippen LogP contribution is -2.23. The SMILES string of the molecule is CC(O)CNCc1ccc(F)c(-c2cccs2)c1. The molecular formula is C14H16FNOS. The Balaban J connectivity index is 2.12. The van der Waals surface area contributed by atoms with Gasteiger partial charge in [0.05, 0.1) is 6.10 Å². The molecule has 1 unspecified atom stereocenters. The Kier molecular flexibility index (Phi) is 4.47. The summed E-state index contributed by atoms with van der Waals surface area (Å²) in [6.45, 7) is 2.89. The maximum absolute atomic E-state index is 13.7.